The summed E-state index contributed by atoms with van der Waals surface area (Å²) in [5.74, 6) is -0.390. The number of aryl methyl sites for hydroxylation is 1. The average molecular weight is 263 g/mol. The number of carbonyl (C=O) groups is 2. The Morgan fingerprint density at radius 3 is 2.50 bits per heavy atom. The third kappa shape index (κ3) is 2.14. The summed E-state index contributed by atoms with van der Waals surface area (Å²) in [5, 5.41) is 2.75. The molecule has 0 unspecified atom stereocenters. The number of fused-ring (bicyclic) bond motifs is 1. The number of nitrogens with one attached hydrogen (secondary N) is 1. The smallest absolute Gasteiger partial charge is 0.256 e. The molecule has 0 bridgehead atoms. The number of ketones is 1. The zero-order chi connectivity index (χ0) is 14.1. The van der Waals surface area contributed by atoms with Gasteiger partial charge in [-0.25, -0.2) is 0 Å². The van der Waals surface area contributed by atoms with E-state index in [2.05, 4.69) is 5.32 Å². The van der Waals surface area contributed by atoms with Gasteiger partial charge in [0.1, 0.15) is 0 Å². The number of amides is 1. The lowest BCUT2D eigenvalue weighted by Gasteiger charge is -1.99. The molecule has 0 aromatic heterocycles. The van der Waals surface area contributed by atoms with E-state index in [0.717, 1.165) is 16.8 Å². The number of hydrogen-bond donors (Lipinski definition) is 1. The van der Waals surface area contributed by atoms with Crippen LogP contribution in [0.15, 0.2) is 54.6 Å². The van der Waals surface area contributed by atoms with Gasteiger partial charge in [-0.2, -0.15) is 0 Å². The van der Waals surface area contributed by atoms with Crippen molar-refractivity contribution in [3.63, 3.8) is 0 Å². The van der Waals surface area contributed by atoms with Crippen molar-refractivity contribution in [2.75, 3.05) is 5.32 Å². The van der Waals surface area contributed by atoms with Crippen LogP contribution in [0, 0.1) is 6.92 Å². The van der Waals surface area contributed by atoms with E-state index < -0.39 is 0 Å². The molecular formula is C17H13NO2. The molecule has 2 aromatic rings. The highest BCUT2D eigenvalue weighted by molar-refractivity contribution is 6.35. The minimum absolute atomic E-state index is 0.160. The fourth-order valence-corrected chi connectivity index (χ4v) is 2.21. The predicted octanol–water partition coefficient (Wildman–Crippen LogP) is 3.21. The van der Waals surface area contributed by atoms with Gasteiger partial charge in [0.15, 0.2) is 5.78 Å². The second kappa shape index (κ2) is 4.78. The molecular weight excluding hydrogens is 250 g/mol. The third-order valence-electron chi connectivity index (χ3n) is 3.32. The van der Waals surface area contributed by atoms with E-state index in [9.17, 15) is 9.59 Å². The number of allylic oxidation sites excluding steroid dienone is 1. The Hall–Kier alpha value is -2.68. The van der Waals surface area contributed by atoms with E-state index in [0.29, 0.717) is 11.1 Å². The Labute approximate surface area is 116 Å². The summed E-state index contributed by atoms with van der Waals surface area (Å²) in [6.45, 7) is 1.97. The van der Waals surface area contributed by atoms with Crippen molar-refractivity contribution < 1.29 is 9.59 Å². The standard InChI is InChI=1S/C17H13NO2/c1-11-6-8-12(9-7-11)16(19)10-14-13-4-2-3-5-15(13)18-17(14)20/h2-10H,1H3,(H,18,20)/b14-10-. The second-order valence-electron chi connectivity index (χ2n) is 4.79. The molecule has 98 valence electrons. The lowest BCUT2D eigenvalue weighted by molar-refractivity contribution is -0.110. The van der Waals surface area contributed by atoms with Crippen molar-refractivity contribution in [1.82, 2.24) is 0 Å². The van der Waals surface area contributed by atoms with E-state index in [-0.39, 0.29) is 11.7 Å². The molecule has 0 radical (unpaired) electrons. The maximum Gasteiger partial charge on any atom is 0.256 e. The number of para-hydroxylation sites is 1. The van der Waals surface area contributed by atoms with Gasteiger partial charge in [0, 0.05) is 16.8 Å². The Morgan fingerprint density at radius 2 is 1.75 bits per heavy atom. The average Bonchev–Trinajstić information content (AvgIpc) is 2.76. The molecule has 1 aliphatic rings. The van der Waals surface area contributed by atoms with Crippen LogP contribution in [0.2, 0.25) is 0 Å². The SMILES string of the molecule is Cc1ccc(C(=O)/C=C2\C(=O)Nc3ccccc32)cc1. The maximum atomic E-state index is 12.2. The van der Waals surface area contributed by atoms with Gasteiger partial charge in [0.05, 0.1) is 5.57 Å². The molecule has 0 atom stereocenters. The zero-order valence-electron chi connectivity index (χ0n) is 11.0. The lowest BCUT2D eigenvalue weighted by Crippen LogP contribution is -2.06. The van der Waals surface area contributed by atoms with Crippen LogP contribution in [0.25, 0.3) is 5.57 Å². The molecule has 1 N–H and O–H groups in total. The fourth-order valence-electron chi connectivity index (χ4n) is 2.21. The topological polar surface area (TPSA) is 46.2 Å². The Morgan fingerprint density at radius 1 is 1.05 bits per heavy atom. The molecule has 1 heterocycles. The number of rotatable bonds is 2. The first-order valence-corrected chi connectivity index (χ1v) is 6.38. The van der Waals surface area contributed by atoms with Crippen LogP contribution in [0.4, 0.5) is 5.69 Å². The van der Waals surface area contributed by atoms with Gasteiger partial charge in [-0.05, 0) is 19.1 Å². The fraction of sp³-hybridized carbons (Fsp3) is 0.0588. The summed E-state index contributed by atoms with van der Waals surface area (Å²) in [7, 11) is 0. The van der Waals surface area contributed by atoms with Crippen LogP contribution in [-0.4, -0.2) is 11.7 Å². The Balaban J connectivity index is 1.98. The van der Waals surface area contributed by atoms with Crippen LogP contribution >= 0.6 is 0 Å². The maximum absolute atomic E-state index is 12.2. The zero-order valence-corrected chi connectivity index (χ0v) is 11.0. The van der Waals surface area contributed by atoms with E-state index in [1.54, 1.807) is 12.1 Å². The van der Waals surface area contributed by atoms with Crippen LogP contribution < -0.4 is 5.32 Å². The summed E-state index contributed by atoms with van der Waals surface area (Å²) in [4.78, 5) is 24.1. The molecule has 0 aliphatic carbocycles. The highest BCUT2D eigenvalue weighted by Crippen LogP contribution is 2.31. The Kier molecular flexibility index (Phi) is 2.95. The van der Waals surface area contributed by atoms with Gasteiger partial charge in [-0.3, -0.25) is 9.59 Å². The van der Waals surface area contributed by atoms with Gasteiger partial charge >= 0.3 is 0 Å². The molecule has 20 heavy (non-hydrogen) atoms. The summed E-state index contributed by atoms with van der Waals surface area (Å²) < 4.78 is 0. The second-order valence-corrected chi connectivity index (χ2v) is 4.79. The molecule has 0 spiro atoms. The monoisotopic (exact) mass is 263 g/mol. The molecule has 3 heteroatoms. The first-order chi connectivity index (χ1) is 9.65. The number of carbonyl (C=O) groups excluding carboxylic acids is 2. The van der Waals surface area contributed by atoms with Crippen LogP contribution in [0.3, 0.4) is 0 Å². The normalized spacial score (nSPS) is 15.1. The largest absolute Gasteiger partial charge is 0.321 e. The van der Waals surface area contributed by atoms with Crippen molar-refractivity contribution in [2.24, 2.45) is 0 Å². The molecule has 3 nitrogen and oxygen atoms in total. The number of benzene rings is 2. The van der Waals surface area contributed by atoms with Gasteiger partial charge in [0.25, 0.3) is 5.91 Å². The molecule has 0 saturated heterocycles. The molecule has 3 rings (SSSR count). The van der Waals surface area contributed by atoms with Crippen LogP contribution in [0.1, 0.15) is 21.5 Å². The van der Waals surface area contributed by atoms with E-state index in [4.69, 9.17) is 0 Å². The summed E-state index contributed by atoms with van der Waals surface area (Å²) in [5.41, 5.74) is 3.63. The molecule has 2 aromatic carbocycles. The van der Waals surface area contributed by atoms with Gasteiger partial charge < -0.3 is 5.32 Å². The van der Waals surface area contributed by atoms with E-state index in [1.807, 2.05) is 43.3 Å². The van der Waals surface area contributed by atoms with Gasteiger partial charge in [0.2, 0.25) is 0 Å². The summed E-state index contributed by atoms with van der Waals surface area (Å²) >= 11 is 0. The van der Waals surface area contributed by atoms with Crippen LogP contribution in [-0.2, 0) is 4.79 Å². The lowest BCUT2D eigenvalue weighted by atomic mass is 10.0. The summed E-state index contributed by atoms with van der Waals surface area (Å²) in [6, 6.07) is 14.7. The highest BCUT2D eigenvalue weighted by Gasteiger charge is 2.24. The molecule has 1 amide bonds. The van der Waals surface area contributed by atoms with Gasteiger partial charge in [-0.15, -0.1) is 0 Å². The van der Waals surface area contributed by atoms with Crippen molar-refractivity contribution in [3.05, 3.63) is 71.3 Å². The minimum atomic E-state index is -0.230. The van der Waals surface area contributed by atoms with Crippen molar-refractivity contribution >= 4 is 23.0 Å². The first-order valence-electron chi connectivity index (χ1n) is 6.38. The number of hydrogen-bond acceptors (Lipinski definition) is 2. The summed E-state index contributed by atoms with van der Waals surface area (Å²) in [6.07, 6.45) is 1.41. The van der Waals surface area contributed by atoms with Gasteiger partial charge in [-0.1, -0.05) is 48.0 Å². The van der Waals surface area contributed by atoms with Crippen molar-refractivity contribution in [2.45, 2.75) is 6.92 Å². The molecule has 1 aliphatic heterocycles. The van der Waals surface area contributed by atoms with Crippen LogP contribution in [0.5, 0.6) is 0 Å². The Bertz CT molecular complexity index is 727. The van der Waals surface area contributed by atoms with E-state index in [1.165, 1.54) is 6.08 Å². The van der Waals surface area contributed by atoms with Crippen molar-refractivity contribution in [3.8, 4) is 0 Å². The first kappa shape index (κ1) is 12.4. The quantitative estimate of drug-likeness (QED) is 0.668. The van der Waals surface area contributed by atoms with Crippen molar-refractivity contribution in [1.29, 1.82) is 0 Å². The third-order valence-corrected chi connectivity index (χ3v) is 3.32. The highest BCUT2D eigenvalue weighted by atomic mass is 16.2. The molecule has 0 fully saturated rings. The predicted molar refractivity (Wildman–Crippen MR) is 78.6 cm³/mol. The van der Waals surface area contributed by atoms with E-state index >= 15 is 0 Å². The minimum Gasteiger partial charge on any atom is -0.321 e. The molecule has 0 saturated carbocycles. The number of anilines is 1.